The Kier molecular flexibility index (Phi) is 5.48. The minimum absolute atomic E-state index is 0.129. The maximum Gasteiger partial charge on any atom is 0.226 e. The van der Waals surface area contributed by atoms with Gasteiger partial charge in [0.25, 0.3) is 0 Å². The van der Waals surface area contributed by atoms with Crippen LogP contribution in [0, 0.1) is 6.92 Å². The van der Waals surface area contributed by atoms with Crippen LogP contribution >= 0.6 is 11.6 Å². The number of ether oxygens (including phenoxy) is 1. The topological polar surface area (TPSA) is 29.5 Å². The van der Waals surface area contributed by atoms with E-state index >= 15 is 0 Å². The van der Waals surface area contributed by atoms with Crippen molar-refractivity contribution in [2.45, 2.75) is 27.2 Å². The lowest BCUT2D eigenvalue weighted by atomic mass is 10.0. The normalized spacial score (nSPS) is 10.3. The van der Waals surface area contributed by atoms with E-state index in [0.29, 0.717) is 17.2 Å². The number of carbonyl (C=O) groups is 1. The highest BCUT2D eigenvalue weighted by Gasteiger charge is 2.13. The minimum atomic E-state index is 0.129. The van der Waals surface area contributed by atoms with Crippen LogP contribution < -0.4 is 4.74 Å². The second kappa shape index (κ2) is 6.64. The van der Waals surface area contributed by atoms with Gasteiger partial charge in [0.1, 0.15) is 5.75 Å². The third kappa shape index (κ3) is 3.39. The lowest BCUT2D eigenvalue weighted by Crippen LogP contribution is -2.31. The van der Waals surface area contributed by atoms with Crippen molar-refractivity contribution in [1.29, 1.82) is 0 Å². The van der Waals surface area contributed by atoms with Crippen molar-refractivity contribution in [3.8, 4) is 5.75 Å². The van der Waals surface area contributed by atoms with Crippen molar-refractivity contribution in [3.05, 3.63) is 28.3 Å². The van der Waals surface area contributed by atoms with Gasteiger partial charge >= 0.3 is 0 Å². The number of hydrogen-bond donors (Lipinski definition) is 0. The third-order valence-electron chi connectivity index (χ3n) is 3.07. The molecule has 0 bridgehead atoms. The van der Waals surface area contributed by atoms with Crippen molar-refractivity contribution in [2.75, 3.05) is 20.2 Å². The Morgan fingerprint density at radius 2 is 1.94 bits per heavy atom. The third-order valence-corrected chi connectivity index (χ3v) is 3.36. The number of rotatable bonds is 5. The fourth-order valence-corrected chi connectivity index (χ4v) is 2.16. The van der Waals surface area contributed by atoms with Gasteiger partial charge in [-0.15, -0.1) is 0 Å². The van der Waals surface area contributed by atoms with E-state index in [1.165, 1.54) is 0 Å². The van der Waals surface area contributed by atoms with E-state index in [0.717, 1.165) is 24.2 Å². The smallest absolute Gasteiger partial charge is 0.226 e. The minimum Gasteiger partial charge on any atom is -0.495 e. The highest BCUT2D eigenvalue weighted by atomic mass is 35.5. The zero-order valence-corrected chi connectivity index (χ0v) is 12.2. The monoisotopic (exact) mass is 269 g/mol. The lowest BCUT2D eigenvalue weighted by Gasteiger charge is -2.19. The second-order valence-corrected chi connectivity index (χ2v) is 4.56. The number of halogens is 1. The van der Waals surface area contributed by atoms with E-state index in [1.54, 1.807) is 7.11 Å². The van der Waals surface area contributed by atoms with E-state index in [9.17, 15) is 4.79 Å². The molecule has 3 nitrogen and oxygen atoms in total. The van der Waals surface area contributed by atoms with Crippen molar-refractivity contribution < 1.29 is 9.53 Å². The molecule has 0 aliphatic carbocycles. The Bertz CT molecular complexity index is 428. The van der Waals surface area contributed by atoms with Crippen LogP contribution in [0.15, 0.2) is 12.1 Å². The first kappa shape index (κ1) is 14.8. The fraction of sp³-hybridized carbons (Fsp3) is 0.500. The molecule has 0 aliphatic heterocycles. The predicted octanol–water partition coefficient (Wildman–Crippen LogP) is 3.07. The number of likely N-dealkylation sites (N-methyl/N-ethyl adjacent to an activating group) is 1. The van der Waals surface area contributed by atoms with Crippen molar-refractivity contribution >= 4 is 17.5 Å². The number of amides is 1. The average Bonchev–Trinajstić information content (AvgIpc) is 2.34. The first-order valence-electron chi connectivity index (χ1n) is 6.14. The average molecular weight is 270 g/mol. The molecule has 0 fully saturated rings. The van der Waals surface area contributed by atoms with Crippen LogP contribution in [-0.2, 0) is 11.2 Å². The molecular formula is C14H20ClNO2. The summed E-state index contributed by atoms with van der Waals surface area (Å²) in [6.07, 6.45) is 0.386. The molecular weight excluding hydrogens is 250 g/mol. The Hall–Kier alpha value is -1.22. The standard InChI is InChI=1S/C14H20ClNO2/c1-5-16(6-2)14(17)9-11-8-12(15)13(18-4)7-10(11)3/h7-8H,5-6,9H2,1-4H3. The van der Waals surface area contributed by atoms with Crippen molar-refractivity contribution in [3.63, 3.8) is 0 Å². The highest BCUT2D eigenvalue weighted by Crippen LogP contribution is 2.28. The van der Waals surface area contributed by atoms with Gasteiger partial charge in [-0.3, -0.25) is 4.79 Å². The van der Waals surface area contributed by atoms with E-state index in [2.05, 4.69) is 0 Å². The van der Waals surface area contributed by atoms with Gasteiger partial charge < -0.3 is 9.64 Å². The summed E-state index contributed by atoms with van der Waals surface area (Å²) in [4.78, 5) is 13.9. The van der Waals surface area contributed by atoms with Gasteiger partial charge in [0, 0.05) is 13.1 Å². The Balaban J connectivity index is 2.91. The molecule has 1 rings (SSSR count). The SMILES string of the molecule is CCN(CC)C(=O)Cc1cc(Cl)c(OC)cc1C. The Labute approximate surface area is 114 Å². The van der Waals surface area contributed by atoms with Crippen LogP contribution in [0.3, 0.4) is 0 Å². The number of nitrogens with zero attached hydrogens (tertiary/aromatic N) is 1. The Morgan fingerprint density at radius 1 is 1.33 bits per heavy atom. The van der Waals surface area contributed by atoms with Gasteiger partial charge in [0.2, 0.25) is 5.91 Å². The zero-order valence-electron chi connectivity index (χ0n) is 11.4. The first-order chi connectivity index (χ1) is 8.53. The number of carbonyl (C=O) groups excluding carboxylic acids is 1. The number of hydrogen-bond acceptors (Lipinski definition) is 2. The number of benzene rings is 1. The molecule has 18 heavy (non-hydrogen) atoms. The molecule has 1 amide bonds. The van der Waals surface area contributed by atoms with E-state index < -0.39 is 0 Å². The maximum absolute atomic E-state index is 12.0. The summed E-state index contributed by atoms with van der Waals surface area (Å²) in [5.74, 6) is 0.775. The van der Waals surface area contributed by atoms with Gasteiger partial charge in [-0.1, -0.05) is 11.6 Å². The van der Waals surface area contributed by atoms with E-state index in [4.69, 9.17) is 16.3 Å². The molecule has 0 saturated heterocycles. The van der Waals surface area contributed by atoms with Crippen LogP contribution in [0.25, 0.3) is 0 Å². The lowest BCUT2D eigenvalue weighted by molar-refractivity contribution is -0.130. The molecule has 1 aromatic carbocycles. The molecule has 0 aliphatic rings. The summed E-state index contributed by atoms with van der Waals surface area (Å²) >= 11 is 6.08. The molecule has 0 heterocycles. The summed E-state index contributed by atoms with van der Waals surface area (Å²) in [6.45, 7) is 7.39. The molecule has 0 atom stereocenters. The molecule has 0 saturated carbocycles. The van der Waals surface area contributed by atoms with E-state index in [-0.39, 0.29) is 5.91 Å². The quantitative estimate of drug-likeness (QED) is 0.822. The van der Waals surface area contributed by atoms with Crippen LogP contribution in [-0.4, -0.2) is 31.0 Å². The first-order valence-corrected chi connectivity index (χ1v) is 6.52. The van der Waals surface area contributed by atoms with Gasteiger partial charge in [-0.05, 0) is 44.0 Å². The number of methoxy groups -OCH3 is 1. The van der Waals surface area contributed by atoms with Crippen molar-refractivity contribution in [1.82, 2.24) is 4.90 Å². The number of aryl methyl sites for hydroxylation is 1. The van der Waals surface area contributed by atoms with Crippen molar-refractivity contribution in [2.24, 2.45) is 0 Å². The molecule has 0 N–H and O–H groups in total. The second-order valence-electron chi connectivity index (χ2n) is 4.16. The summed E-state index contributed by atoms with van der Waals surface area (Å²) in [7, 11) is 1.58. The van der Waals surface area contributed by atoms with Gasteiger partial charge in [0.05, 0.1) is 18.6 Å². The van der Waals surface area contributed by atoms with Crippen LogP contribution in [0.2, 0.25) is 5.02 Å². The Morgan fingerprint density at radius 3 is 2.44 bits per heavy atom. The van der Waals surface area contributed by atoms with Crippen LogP contribution in [0.1, 0.15) is 25.0 Å². The van der Waals surface area contributed by atoms with Crippen LogP contribution in [0.5, 0.6) is 5.75 Å². The van der Waals surface area contributed by atoms with E-state index in [1.807, 2.05) is 37.8 Å². The zero-order chi connectivity index (χ0) is 13.7. The molecule has 0 aromatic heterocycles. The molecule has 4 heteroatoms. The highest BCUT2D eigenvalue weighted by molar-refractivity contribution is 6.32. The predicted molar refractivity (Wildman–Crippen MR) is 74.4 cm³/mol. The molecule has 0 radical (unpaired) electrons. The molecule has 0 spiro atoms. The van der Waals surface area contributed by atoms with Gasteiger partial charge in [-0.25, -0.2) is 0 Å². The van der Waals surface area contributed by atoms with Gasteiger partial charge in [0.15, 0.2) is 0 Å². The van der Waals surface area contributed by atoms with Crippen LogP contribution in [0.4, 0.5) is 0 Å². The summed E-state index contributed by atoms with van der Waals surface area (Å²) in [5.41, 5.74) is 1.98. The summed E-state index contributed by atoms with van der Waals surface area (Å²) in [6, 6.07) is 3.68. The fourth-order valence-electron chi connectivity index (χ4n) is 1.89. The molecule has 1 aromatic rings. The summed E-state index contributed by atoms with van der Waals surface area (Å²) < 4.78 is 5.15. The molecule has 100 valence electrons. The largest absolute Gasteiger partial charge is 0.495 e. The maximum atomic E-state index is 12.0. The van der Waals surface area contributed by atoms with Gasteiger partial charge in [-0.2, -0.15) is 0 Å². The summed E-state index contributed by atoms with van der Waals surface area (Å²) in [5, 5.41) is 0.547. The molecule has 0 unspecified atom stereocenters.